The molecule has 0 radical (unpaired) electrons. The molecule has 1 unspecified atom stereocenters. The van der Waals surface area contributed by atoms with Crippen LogP contribution in [0.4, 0.5) is 0 Å². The van der Waals surface area contributed by atoms with Gasteiger partial charge in [-0.25, -0.2) is 0 Å². The molecule has 0 fully saturated rings. The standard InChI is InChI=1S/C8H17N/c1-4-5-7(2)6-8(3)9/h5,8H,4,6,9H2,1-3H3/b7-5+. The molecule has 0 aromatic rings. The van der Waals surface area contributed by atoms with Gasteiger partial charge in [0.2, 0.25) is 0 Å². The third-order valence-corrected chi connectivity index (χ3v) is 1.20. The number of hydrogen-bond acceptors (Lipinski definition) is 1. The van der Waals surface area contributed by atoms with Crippen LogP contribution in [-0.4, -0.2) is 6.04 Å². The van der Waals surface area contributed by atoms with Crippen LogP contribution in [0.15, 0.2) is 11.6 Å². The Balaban J connectivity index is 3.49. The Morgan fingerprint density at radius 1 is 1.67 bits per heavy atom. The van der Waals surface area contributed by atoms with Crippen molar-refractivity contribution in [2.75, 3.05) is 0 Å². The first-order valence-electron chi connectivity index (χ1n) is 3.58. The zero-order valence-electron chi connectivity index (χ0n) is 6.65. The zero-order chi connectivity index (χ0) is 7.28. The summed E-state index contributed by atoms with van der Waals surface area (Å²) in [5.41, 5.74) is 6.99. The maximum absolute atomic E-state index is 5.58. The van der Waals surface area contributed by atoms with Gasteiger partial charge in [-0.2, -0.15) is 0 Å². The molecule has 0 aromatic carbocycles. The van der Waals surface area contributed by atoms with Crippen molar-refractivity contribution in [3.05, 3.63) is 11.6 Å². The maximum Gasteiger partial charge on any atom is 0.00475 e. The van der Waals surface area contributed by atoms with E-state index >= 15 is 0 Å². The van der Waals surface area contributed by atoms with E-state index in [0.717, 1.165) is 12.8 Å². The fourth-order valence-electron chi connectivity index (χ4n) is 0.940. The fourth-order valence-corrected chi connectivity index (χ4v) is 0.940. The van der Waals surface area contributed by atoms with Gasteiger partial charge in [-0.15, -0.1) is 0 Å². The van der Waals surface area contributed by atoms with Gasteiger partial charge < -0.3 is 5.73 Å². The molecule has 2 N–H and O–H groups in total. The van der Waals surface area contributed by atoms with Crippen LogP contribution in [0.3, 0.4) is 0 Å². The monoisotopic (exact) mass is 127 g/mol. The number of hydrogen-bond donors (Lipinski definition) is 1. The molecule has 0 aromatic heterocycles. The van der Waals surface area contributed by atoms with Crippen LogP contribution >= 0.6 is 0 Å². The predicted octanol–water partition coefficient (Wildman–Crippen LogP) is 2.08. The average molecular weight is 127 g/mol. The molecule has 0 aliphatic rings. The Kier molecular flexibility index (Phi) is 4.41. The largest absolute Gasteiger partial charge is 0.328 e. The summed E-state index contributed by atoms with van der Waals surface area (Å²) < 4.78 is 0. The van der Waals surface area contributed by atoms with Crippen LogP contribution in [0.5, 0.6) is 0 Å². The van der Waals surface area contributed by atoms with Crippen molar-refractivity contribution in [3.63, 3.8) is 0 Å². The highest BCUT2D eigenvalue weighted by molar-refractivity contribution is 4.98. The summed E-state index contributed by atoms with van der Waals surface area (Å²) in [4.78, 5) is 0. The first-order chi connectivity index (χ1) is 4.16. The van der Waals surface area contributed by atoms with Gasteiger partial charge in [0.25, 0.3) is 0 Å². The summed E-state index contributed by atoms with van der Waals surface area (Å²) in [5, 5.41) is 0. The average Bonchev–Trinajstić information content (AvgIpc) is 1.63. The van der Waals surface area contributed by atoms with E-state index in [1.807, 2.05) is 6.92 Å². The van der Waals surface area contributed by atoms with Gasteiger partial charge in [-0.1, -0.05) is 18.6 Å². The van der Waals surface area contributed by atoms with Crippen molar-refractivity contribution >= 4 is 0 Å². The molecule has 0 rings (SSSR count). The van der Waals surface area contributed by atoms with E-state index < -0.39 is 0 Å². The van der Waals surface area contributed by atoms with Crippen molar-refractivity contribution in [3.8, 4) is 0 Å². The summed E-state index contributed by atoms with van der Waals surface area (Å²) in [7, 11) is 0. The smallest absolute Gasteiger partial charge is 0.00475 e. The molecule has 0 saturated heterocycles. The second kappa shape index (κ2) is 4.57. The maximum atomic E-state index is 5.58. The molecule has 1 atom stereocenters. The molecule has 0 aliphatic heterocycles. The molecule has 0 aliphatic carbocycles. The highest BCUT2D eigenvalue weighted by Gasteiger charge is 1.93. The summed E-state index contributed by atoms with van der Waals surface area (Å²) in [6, 6.07) is 0.313. The van der Waals surface area contributed by atoms with Crippen LogP contribution < -0.4 is 5.73 Å². The fraction of sp³-hybridized carbons (Fsp3) is 0.750. The van der Waals surface area contributed by atoms with Crippen LogP contribution in [0.1, 0.15) is 33.6 Å². The van der Waals surface area contributed by atoms with E-state index in [1.54, 1.807) is 0 Å². The molecule has 1 nitrogen and oxygen atoms in total. The van der Waals surface area contributed by atoms with Crippen molar-refractivity contribution in [2.24, 2.45) is 5.73 Å². The lowest BCUT2D eigenvalue weighted by molar-refractivity contribution is 0.729. The van der Waals surface area contributed by atoms with Crippen molar-refractivity contribution in [1.29, 1.82) is 0 Å². The third-order valence-electron chi connectivity index (χ3n) is 1.20. The summed E-state index contributed by atoms with van der Waals surface area (Å²) in [6.07, 6.45) is 4.38. The number of nitrogens with two attached hydrogens (primary N) is 1. The van der Waals surface area contributed by atoms with E-state index in [9.17, 15) is 0 Å². The highest BCUT2D eigenvalue weighted by atomic mass is 14.6. The first kappa shape index (κ1) is 8.70. The Labute approximate surface area is 57.9 Å². The Morgan fingerprint density at radius 3 is 2.56 bits per heavy atom. The quantitative estimate of drug-likeness (QED) is 0.577. The van der Waals surface area contributed by atoms with Gasteiger partial charge in [0.1, 0.15) is 0 Å². The molecular weight excluding hydrogens is 110 g/mol. The van der Waals surface area contributed by atoms with Crippen molar-refractivity contribution in [1.82, 2.24) is 0 Å². The minimum absolute atomic E-state index is 0.313. The lowest BCUT2D eigenvalue weighted by Gasteiger charge is -2.03. The number of rotatable bonds is 3. The molecule has 0 amide bonds. The van der Waals surface area contributed by atoms with Crippen molar-refractivity contribution < 1.29 is 0 Å². The summed E-state index contributed by atoms with van der Waals surface area (Å²) in [5.74, 6) is 0. The van der Waals surface area contributed by atoms with Gasteiger partial charge in [-0.05, 0) is 26.7 Å². The summed E-state index contributed by atoms with van der Waals surface area (Å²) >= 11 is 0. The van der Waals surface area contributed by atoms with Crippen LogP contribution in [0.2, 0.25) is 0 Å². The van der Waals surface area contributed by atoms with Crippen LogP contribution in [-0.2, 0) is 0 Å². The van der Waals surface area contributed by atoms with Gasteiger partial charge in [0, 0.05) is 6.04 Å². The predicted molar refractivity (Wildman–Crippen MR) is 42.3 cm³/mol. The molecule has 0 heterocycles. The molecule has 0 bridgehead atoms. The van der Waals surface area contributed by atoms with Crippen molar-refractivity contribution in [2.45, 2.75) is 39.7 Å². The molecule has 54 valence electrons. The van der Waals surface area contributed by atoms with E-state index in [0.29, 0.717) is 6.04 Å². The minimum Gasteiger partial charge on any atom is -0.328 e. The van der Waals surface area contributed by atoms with Gasteiger partial charge >= 0.3 is 0 Å². The molecule has 9 heavy (non-hydrogen) atoms. The lowest BCUT2D eigenvalue weighted by atomic mass is 10.1. The van der Waals surface area contributed by atoms with Gasteiger partial charge in [0.05, 0.1) is 0 Å². The highest BCUT2D eigenvalue weighted by Crippen LogP contribution is 2.02. The van der Waals surface area contributed by atoms with E-state index in [2.05, 4.69) is 19.9 Å². The second-order valence-electron chi connectivity index (χ2n) is 2.64. The number of allylic oxidation sites excluding steroid dienone is 1. The minimum atomic E-state index is 0.313. The topological polar surface area (TPSA) is 26.0 Å². The van der Waals surface area contributed by atoms with Gasteiger partial charge in [0.15, 0.2) is 0 Å². The normalized spacial score (nSPS) is 15.8. The van der Waals surface area contributed by atoms with E-state index in [-0.39, 0.29) is 0 Å². The zero-order valence-corrected chi connectivity index (χ0v) is 6.65. The molecule has 0 spiro atoms. The SMILES string of the molecule is CC/C=C(\C)CC(C)N. The Hall–Kier alpha value is -0.300. The third kappa shape index (κ3) is 5.57. The first-order valence-corrected chi connectivity index (χ1v) is 3.58. The van der Waals surface area contributed by atoms with E-state index in [4.69, 9.17) is 5.73 Å². The Bertz CT molecular complexity index is 92.7. The van der Waals surface area contributed by atoms with Gasteiger partial charge in [-0.3, -0.25) is 0 Å². The second-order valence-corrected chi connectivity index (χ2v) is 2.64. The lowest BCUT2D eigenvalue weighted by Crippen LogP contribution is -2.14. The van der Waals surface area contributed by atoms with Crippen LogP contribution in [0, 0.1) is 0 Å². The Morgan fingerprint density at radius 2 is 2.22 bits per heavy atom. The van der Waals surface area contributed by atoms with E-state index in [1.165, 1.54) is 5.57 Å². The van der Waals surface area contributed by atoms with Crippen LogP contribution in [0.25, 0.3) is 0 Å². The molecular formula is C8H17N. The summed E-state index contributed by atoms with van der Waals surface area (Å²) in [6.45, 7) is 6.31. The molecule has 1 heteroatoms. The molecule has 0 saturated carbocycles.